The number of carbonyl (C=O) groups is 2. The van der Waals surface area contributed by atoms with E-state index in [0.717, 1.165) is 43.4 Å². The third-order valence-electron chi connectivity index (χ3n) is 6.10. The van der Waals surface area contributed by atoms with E-state index in [9.17, 15) is 9.59 Å². The third kappa shape index (κ3) is 5.44. The van der Waals surface area contributed by atoms with Gasteiger partial charge in [0.2, 0.25) is 5.13 Å². The van der Waals surface area contributed by atoms with Gasteiger partial charge < -0.3 is 14.5 Å². The van der Waals surface area contributed by atoms with Gasteiger partial charge in [-0.2, -0.15) is 4.37 Å². The van der Waals surface area contributed by atoms with E-state index in [-0.39, 0.29) is 11.9 Å². The van der Waals surface area contributed by atoms with Crippen molar-refractivity contribution in [3.8, 4) is 0 Å². The number of ether oxygens (including phenoxy) is 1. The molecular formula is C27H26N6O3S. The Bertz CT molecular complexity index is 1320. The zero-order chi connectivity index (χ0) is 25.6. The Kier molecular flexibility index (Phi) is 7.36. The molecule has 3 heterocycles. The second kappa shape index (κ2) is 11.2. The molecule has 4 aromatic rings. The molecule has 0 bridgehead atoms. The minimum absolute atomic E-state index is 0.210. The van der Waals surface area contributed by atoms with Crippen molar-refractivity contribution < 1.29 is 14.3 Å². The van der Waals surface area contributed by atoms with Crippen LogP contribution in [0.3, 0.4) is 0 Å². The first-order valence-corrected chi connectivity index (χ1v) is 12.8. The van der Waals surface area contributed by atoms with E-state index < -0.39 is 0 Å². The van der Waals surface area contributed by atoms with Gasteiger partial charge in [-0.05, 0) is 55.5 Å². The Hall–Kier alpha value is -4.31. The quantitative estimate of drug-likeness (QED) is 0.335. The van der Waals surface area contributed by atoms with E-state index in [1.807, 2.05) is 54.6 Å². The van der Waals surface area contributed by atoms with E-state index in [1.165, 1.54) is 17.9 Å². The van der Waals surface area contributed by atoms with Gasteiger partial charge in [-0.15, -0.1) is 0 Å². The molecule has 1 aliphatic rings. The molecule has 9 nitrogen and oxygen atoms in total. The van der Waals surface area contributed by atoms with Crippen LogP contribution in [0.4, 0.5) is 22.3 Å². The van der Waals surface area contributed by atoms with Crippen LogP contribution in [0.2, 0.25) is 0 Å². The summed E-state index contributed by atoms with van der Waals surface area (Å²) in [5.74, 6) is 0.316. The Morgan fingerprint density at radius 2 is 1.59 bits per heavy atom. The number of para-hydroxylation sites is 1. The molecule has 1 aliphatic heterocycles. The molecule has 0 radical (unpaired) electrons. The fourth-order valence-corrected chi connectivity index (χ4v) is 4.76. The second-order valence-corrected chi connectivity index (χ2v) is 9.11. The summed E-state index contributed by atoms with van der Waals surface area (Å²) < 4.78 is 9.12. The van der Waals surface area contributed by atoms with Crippen LogP contribution in [0, 0.1) is 0 Å². The summed E-state index contributed by atoms with van der Waals surface area (Å²) in [7, 11) is 0. The molecule has 1 amide bonds. The predicted molar refractivity (Wildman–Crippen MR) is 144 cm³/mol. The van der Waals surface area contributed by atoms with Crippen LogP contribution >= 0.6 is 11.5 Å². The van der Waals surface area contributed by atoms with Crippen LogP contribution < -0.4 is 14.7 Å². The van der Waals surface area contributed by atoms with Crippen LogP contribution in [0.1, 0.15) is 27.6 Å². The molecule has 0 aliphatic carbocycles. The normalized spacial score (nSPS) is 13.3. The highest BCUT2D eigenvalue weighted by molar-refractivity contribution is 7.10. The summed E-state index contributed by atoms with van der Waals surface area (Å²) in [5, 5.41) is 0.506. The van der Waals surface area contributed by atoms with Crippen LogP contribution in [-0.2, 0) is 4.74 Å². The lowest BCUT2D eigenvalue weighted by Gasteiger charge is -2.36. The van der Waals surface area contributed by atoms with Crippen LogP contribution in [0.25, 0.3) is 0 Å². The lowest BCUT2D eigenvalue weighted by atomic mass is 10.1. The first kappa shape index (κ1) is 24.4. The monoisotopic (exact) mass is 514 g/mol. The van der Waals surface area contributed by atoms with Gasteiger partial charge in [-0.1, -0.05) is 18.2 Å². The zero-order valence-corrected chi connectivity index (χ0v) is 21.2. The summed E-state index contributed by atoms with van der Waals surface area (Å²) in [6.07, 6.45) is 3.06. The van der Waals surface area contributed by atoms with E-state index in [4.69, 9.17) is 4.74 Å². The van der Waals surface area contributed by atoms with Crippen molar-refractivity contribution in [3.05, 3.63) is 90.4 Å². The van der Waals surface area contributed by atoms with Crippen LogP contribution in [0.15, 0.2) is 79.3 Å². The second-order valence-electron chi connectivity index (χ2n) is 8.35. The zero-order valence-electron chi connectivity index (χ0n) is 20.4. The van der Waals surface area contributed by atoms with E-state index in [1.54, 1.807) is 30.2 Å². The van der Waals surface area contributed by atoms with Gasteiger partial charge in [-0.25, -0.2) is 14.8 Å². The topological polar surface area (TPSA) is 91.8 Å². The molecule has 2 aromatic heterocycles. The van der Waals surface area contributed by atoms with Gasteiger partial charge >= 0.3 is 5.97 Å². The predicted octanol–water partition coefficient (Wildman–Crippen LogP) is 4.41. The number of esters is 1. The van der Waals surface area contributed by atoms with E-state index in [2.05, 4.69) is 24.1 Å². The largest absolute Gasteiger partial charge is 0.462 e. The van der Waals surface area contributed by atoms with Crippen molar-refractivity contribution in [2.75, 3.05) is 47.5 Å². The number of nitrogens with zero attached hydrogens (tertiary/aromatic N) is 6. The molecule has 10 heteroatoms. The SMILES string of the molecule is CCOC(=O)c1ccc(N2CCN(c3ccc(C(=O)N(c4ccccc4)c4ncns4)cn3)CC2)cc1. The molecular weight excluding hydrogens is 488 g/mol. The maximum Gasteiger partial charge on any atom is 0.338 e. The summed E-state index contributed by atoms with van der Waals surface area (Å²) in [4.78, 5) is 40.2. The van der Waals surface area contributed by atoms with Gasteiger partial charge in [0.15, 0.2) is 0 Å². The molecule has 0 atom stereocenters. The lowest BCUT2D eigenvalue weighted by Crippen LogP contribution is -2.46. The number of carbonyl (C=O) groups excluding carboxylic acids is 2. The van der Waals surface area contributed by atoms with Crippen molar-refractivity contribution >= 4 is 45.7 Å². The van der Waals surface area contributed by atoms with Crippen molar-refractivity contribution in [1.29, 1.82) is 0 Å². The van der Waals surface area contributed by atoms with Crippen LogP contribution in [0.5, 0.6) is 0 Å². The van der Waals surface area contributed by atoms with Gasteiger partial charge in [-0.3, -0.25) is 9.69 Å². The lowest BCUT2D eigenvalue weighted by molar-refractivity contribution is 0.0526. The number of anilines is 4. The van der Waals surface area contributed by atoms with Crippen molar-refractivity contribution in [1.82, 2.24) is 14.3 Å². The van der Waals surface area contributed by atoms with Gasteiger partial charge in [0.1, 0.15) is 12.1 Å². The number of benzene rings is 2. The average Bonchev–Trinajstić information content (AvgIpc) is 3.49. The third-order valence-corrected chi connectivity index (χ3v) is 6.75. The molecule has 0 N–H and O–H groups in total. The molecule has 0 saturated carbocycles. The molecule has 2 aromatic carbocycles. The minimum atomic E-state index is -0.304. The molecule has 0 spiro atoms. The molecule has 37 heavy (non-hydrogen) atoms. The maximum absolute atomic E-state index is 13.4. The summed E-state index contributed by atoms with van der Waals surface area (Å²) in [6, 6.07) is 20.6. The fraction of sp³-hybridized carbons (Fsp3) is 0.222. The number of pyridine rings is 1. The first-order valence-electron chi connectivity index (χ1n) is 12.0. The van der Waals surface area contributed by atoms with Crippen molar-refractivity contribution in [2.45, 2.75) is 6.92 Å². The minimum Gasteiger partial charge on any atom is -0.462 e. The standard InChI is InChI=1S/C27H26N6O3S/c1-2-36-26(35)20-8-11-22(12-9-20)31-14-16-32(17-15-31)24-13-10-21(18-28-24)25(34)33(27-29-19-30-37-27)23-6-4-3-5-7-23/h3-13,18-19H,2,14-17H2,1H3. The Labute approximate surface area is 219 Å². The van der Waals surface area contributed by atoms with Gasteiger partial charge in [0.25, 0.3) is 5.91 Å². The highest BCUT2D eigenvalue weighted by Gasteiger charge is 2.24. The number of piperazine rings is 1. The summed E-state index contributed by atoms with van der Waals surface area (Å²) in [5.41, 5.74) is 2.82. The Morgan fingerprint density at radius 1 is 0.892 bits per heavy atom. The summed E-state index contributed by atoms with van der Waals surface area (Å²) >= 11 is 1.17. The highest BCUT2D eigenvalue weighted by Crippen LogP contribution is 2.28. The van der Waals surface area contributed by atoms with E-state index >= 15 is 0 Å². The number of amides is 1. The molecule has 188 valence electrons. The molecule has 1 fully saturated rings. The van der Waals surface area contributed by atoms with Crippen LogP contribution in [-0.4, -0.2) is 59.0 Å². The van der Waals surface area contributed by atoms with E-state index in [0.29, 0.717) is 22.9 Å². The maximum atomic E-state index is 13.4. The average molecular weight is 515 g/mol. The fourth-order valence-electron chi connectivity index (χ4n) is 4.20. The Balaban J connectivity index is 1.24. The Morgan fingerprint density at radius 3 is 2.22 bits per heavy atom. The van der Waals surface area contributed by atoms with Gasteiger partial charge in [0.05, 0.1) is 23.4 Å². The number of hydrogen-bond acceptors (Lipinski definition) is 9. The van der Waals surface area contributed by atoms with Crippen molar-refractivity contribution in [3.63, 3.8) is 0 Å². The van der Waals surface area contributed by atoms with Gasteiger partial charge in [0, 0.05) is 49.6 Å². The molecule has 1 saturated heterocycles. The van der Waals surface area contributed by atoms with Crippen molar-refractivity contribution in [2.24, 2.45) is 0 Å². The smallest absolute Gasteiger partial charge is 0.338 e. The molecule has 0 unspecified atom stereocenters. The number of aromatic nitrogens is 3. The number of hydrogen-bond donors (Lipinski definition) is 0. The highest BCUT2D eigenvalue weighted by atomic mass is 32.1. The summed E-state index contributed by atoms with van der Waals surface area (Å²) in [6.45, 7) is 5.38. The first-order chi connectivity index (χ1) is 18.1. The molecule has 5 rings (SSSR count). The number of rotatable bonds is 7.